The van der Waals surface area contributed by atoms with Crippen molar-refractivity contribution in [2.75, 3.05) is 33.4 Å². The molecular weight excluding hydrogens is 568 g/mol. The van der Waals surface area contributed by atoms with Crippen LogP contribution in [0.1, 0.15) is 91.7 Å². The molecule has 0 unspecified atom stereocenters. The van der Waals surface area contributed by atoms with Gasteiger partial charge in [0.2, 0.25) is 0 Å². The molecule has 0 radical (unpaired) electrons. The number of halogens is 1. The summed E-state index contributed by atoms with van der Waals surface area (Å²) in [6.07, 6.45) is 13.4. The van der Waals surface area contributed by atoms with E-state index in [1.165, 1.54) is 46.2 Å². The van der Waals surface area contributed by atoms with Crippen LogP contribution in [0.5, 0.6) is 5.75 Å². The van der Waals surface area contributed by atoms with Gasteiger partial charge in [0.1, 0.15) is 5.75 Å². The van der Waals surface area contributed by atoms with Crippen molar-refractivity contribution < 1.29 is 14.3 Å². The molecule has 232 valence electrons. The molecule has 5 nitrogen and oxygen atoms in total. The molecule has 2 aromatic carbocycles. The van der Waals surface area contributed by atoms with Crippen molar-refractivity contribution in [2.24, 2.45) is 5.92 Å². The average molecular weight is 613 g/mol. The van der Waals surface area contributed by atoms with Gasteiger partial charge in [0.15, 0.2) is 0 Å². The van der Waals surface area contributed by atoms with E-state index >= 15 is 0 Å². The van der Waals surface area contributed by atoms with Crippen LogP contribution in [0.15, 0.2) is 66.4 Å². The number of aromatic nitrogens is 1. The summed E-state index contributed by atoms with van der Waals surface area (Å²) in [5, 5.41) is 0.815. The Labute approximate surface area is 267 Å². The normalized spacial score (nSPS) is 20.4. The van der Waals surface area contributed by atoms with Crippen molar-refractivity contribution in [3.63, 3.8) is 0 Å². The highest BCUT2D eigenvalue weighted by atomic mass is 35.5. The molecule has 2 fully saturated rings. The highest BCUT2D eigenvalue weighted by Crippen LogP contribution is 2.39. The molecule has 0 atom stereocenters. The van der Waals surface area contributed by atoms with Crippen LogP contribution in [-0.4, -0.2) is 49.2 Å². The van der Waals surface area contributed by atoms with Gasteiger partial charge < -0.3 is 14.4 Å². The number of methoxy groups -OCH3 is 1. The van der Waals surface area contributed by atoms with E-state index in [0.717, 1.165) is 101 Å². The molecule has 0 bridgehead atoms. The molecule has 1 saturated heterocycles. The maximum atomic E-state index is 11.6. The Morgan fingerprint density at radius 2 is 1.70 bits per heavy atom. The van der Waals surface area contributed by atoms with E-state index in [2.05, 4.69) is 53.4 Å². The first-order valence-corrected chi connectivity index (χ1v) is 16.9. The van der Waals surface area contributed by atoms with E-state index in [-0.39, 0.29) is 5.97 Å². The fourth-order valence-electron chi connectivity index (χ4n) is 7.41. The lowest BCUT2D eigenvalue weighted by Gasteiger charge is -2.30. The number of fused-ring (bicyclic) bond motifs is 2. The van der Waals surface area contributed by atoms with E-state index in [4.69, 9.17) is 26.1 Å². The van der Waals surface area contributed by atoms with Crippen molar-refractivity contribution in [3.8, 4) is 5.75 Å². The topological polar surface area (TPSA) is 51.7 Å². The Morgan fingerprint density at radius 3 is 2.48 bits per heavy atom. The summed E-state index contributed by atoms with van der Waals surface area (Å²) < 4.78 is 10.9. The Balaban J connectivity index is 0.951. The predicted octanol–water partition coefficient (Wildman–Crippen LogP) is 8.43. The molecule has 1 saturated carbocycles. The van der Waals surface area contributed by atoms with Gasteiger partial charge in [0.25, 0.3) is 0 Å². The molecule has 0 spiro atoms. The fourth-order valence-corrected chi connectivity index (χ4v) is 7.61. The molecule has 2 aliphatic carbocycles. The van der Waals surface area contributed by atoms with E-state index in [0.29, 0.717) is 18.3 Å². The number of carbonyl (C=O) groups is 1. The lowest BCUT2D eigenvalue weighted by molar-refractivity contribution is -0.142. The number of aryl methyl sites for hydroxylation is 2. The van der Waals surface area contributed by atoms with Crippen LogP contribution in [-0.2, 0) is 22.4 Å². The van der Waals surface area contributed by atoms with Gasteiger partial charge in [-0.1, -0.05) is 41.4 Å². The second-order valence-electron chi connectivity index (χ2n) is 12.8. The first kappa shape index (κ1) is 30.9. The summed E-state index contributed by atoms with van der Waals surface area (Å²) >= 11 is 6.40. The molecule has 6 rings (SSSR count). The summed E-state index contributed by atoms with van der Waals surface area (Å²) in [5.74, 6) is 1.94. The number of benzene rings is 2. The van der Waals surface area contributed by atoms with Crippen molar-refractivity contribution in [3.05, 3.63) is 99.3 Å². The minimum absolute atomic E-state index is 0.0789. The fraction of sp³-hybridized carbons (Fsp3) is 0.474. The number of esters is 1. The van der Waals surface area contributed by atoms with E-state index in [1.807, 2.05) is 12.3 Å². The Hall–Kier alpha value is -3.15. The quantitative estimate of drug-likeness (QED) is 0.179. The van der Waals surface area contributed by atoms with E-state index in [9.17, 15) is 4.79 Å². The number of hydrogen-bond donors (Lipinski definition) is 0. The zero-order valence-corrected chi connectivity index (χ0v) is 26.8. The number of pyridine rings is 1. The third-order valence-electron chi connectivity index (χ3n) is 9.96. The number of nitrogens with zero attached hydrogens (tertiary/aromatic N) is 2. The largest absolute Gasteiger partial charge is 0.494 e. The number of hydrogen-bond acceptors (Lipinski definition) is 5. The maximum absolute atomic E-state index is 11.6. The summed E-state index contributed by atoms with van der Waals surface area (Å²) in [4.78, 5) is 19.1. The summed E-state index contributed by atoms with van der Waals surface area (Å²) in [5.41, 5.74) is 9.47. The first-order chi connectivity index (χ1) is 21.6. The van der Waals surface area contributed by atoms with Gasteiger partial charge in [-0.05, 0) is 135 Å². The predicted molar refractivity (Wildman–Crippen MR) is 177 cm³/mol. The van der Waals surface area contributed by atoms with Gasteiger partial charge >= 0.3 is 5.97 Å². The standard InChI is InChI=1S/C38H45ClN2O3/c1-43-36(42)25-27-6-8-28(9-7-27)29-12-15-34(16-13-29)44-24-3-2-21-41-22-18-30(19-23-41)37-35-17-14-33(39)26-32(35)11-10-31-5-4-20-40-38(31)37/h4-5,12-17,20,26-28H,2-3,6-11,18-19,21-25H2,1H3. The Morgan fingerprint density at radius 1 is 0.932 bits per heavy atom. The smallest absolute Gasteiger partial charge is 0.305 e. The van der Waals surface area contributed by atoms with Crippen LogP contribution in [0.25, 0.3) is 5.57 Å². The summed E-state index contributed by atoms with van der Waals surface area (Å²) in [6.45, 7) is 4.06. The maximum Gasteiger partial charge on any atom is 0.305 e. The van der Waals surface area contributed by atoms with Crippen LogP contribution < -0.4 is 4.74 Å². The number of carbonyl (C=O) groups excluding carboxylic acids is 1. The van der Waals surface area contributed by atoms with Crippen LogP contribution in [0.2, 0.25) is 5.02 Å². The Kier molecular flexibility index (Phi) is 10.3. The SMILES string of the molecule is COC(=O)CC1CCC(c2ccc(OCCCCN3CCC(=C4c5ccc(Cl)cc5CCc5cccnc54)CC3)cc2)CC1. The lowest BCUT2D eigenvalue weighted by atomic mass is 9.77. The highest BCUT2D eigenvalue weighted by Gasteiger charge is 2.26. The zero-order valence-electron chi connectivity index (χ0n) is 26.0. The monoisotopic (exact) mass is 612 g/mol. The second kappa shape index (κ2) is 14.8. The van der Waals surface area contributed by atoms with Gasteiger partial charge in [-0.2, -0.15) is 0 Å². The molecule has 0 amide bonds. The third kappa shape index (κ3) is 7.55. The zero-order chi connectivity index (χ0) is 30.3. The average Bonchev–Trinajstić information content (AvgIpc) is 3.22. The molecule has 3 aliphatic rings. The molecule has 0 N–H and O–H groups in total. The summed E-state index contributed by atoms with van der Waals surface area (Å²) in [7, 11) is 1.48. The lowest BCUT2D eigenvalue weighted by Crippen LogP contribution is -2.32. The molecule has 1 aliphatic heterocycles. The van der Waals surface area contributed by atoms with E-state index < -0.39 is 0 Å². The van der Waals surface area contributed by atoms with Gasteiger partial charge in [-0.25, -0.2) is 0 Å². The molecule has 2 heterocycles. The van der Waals surface area contributed by atoms with E-state index in [1.54, 1.807) is 0 Å². The van der Waals surface area contributed by atoms with Gasteiger partial charge in [0, 0.05) is 36.3 Å². The molecule has 3 aromatic rings. The van der Waals surface area contributed by atoms with Crippen LogP contribution >= 0.6 is 11.6 Å². The second-order valence-corrected chi connectivity index (χ2v) is 13.2. The van der Waals surface area contributed by atoms with Gasteiger partial charge in [0.05, 0.1) is 19.4 Å². The van der Waals surface area contributed by atoms with Crippen molar-refractivity contribution in [2.45, 2.75) is 76.5 Å². The highest BCUT2D eigenvalue weighted by molar-refractivity contribution is 6.30. The molecule has 44 heavy (non-hydrogen) atoms. The number of unbranched alkanes of at least 4 members (excludes halogenated alkanes) is 1. The number of rotatable bonds is 9. The Bertz CT molecular complexity index is 1450. The number of likely N-dealkylation sites (tertiary alicyclic amines) is 1. The first-order valence-electron chi connectivity index (χ1n) is 16.5. The molecule has 6 heteroatoms. The van der Waals surface area contributed by atoms with Crippen molar-refractivity contribution in [1.29, 1.82) is 0 Å². The van der Waals surface area contributed by atoms with Gasteiger partial charge in [-0.15, -0.1) is 0 Å². The molecule has 1 aromatic heterocycles. The third-order valence-corrected chi connectivity index (χ3v) is 10.2. The minimum atomic E-state index is -0.0789. The van der Waals surface area contributed by atoms with Crippen LogP contribution in [0.4, 0.5) is 0 Å². The van der Waals surface area contributed by atoms with Crippen molar-refractivity contribution in [1.82, 2.24) is 9.88 Å². The van der Waals surface area contributed by atoms with Crippen LogP contribution in [0, 0.1) is 5.92 Å². The number of piperidine rings is 1. The summed E-state index contributed by atoms with van der Waals surface area (Å²) in [6, 6.07) is 19.4. The van der Waals surface area contributed by atoms with Crippen molar-refractivity contribution >= 4 is 23.1 Å². The molecular formula is C38H45ClN2O3. The van der Waals surface area contributed by atoms with Crippen LogP contribution in [0.3, 0.4) is 0 Å². The van der Waals surface area contributed by atoms with Gasteiger partial charge in [-0.3, -0.25) is 9.78 Å². The minimum Gasteiger partial charge on any atom is -0.494 e. The number of ether oxygens (including phenoxy) is 2.